The number of carbonyl (C=O) groups is 9. The van der Waals surface area contributed by atoms with Crippen molar-refractivity contribution in [3.05, 3.63) is 119 Å². The molecule has 3 heterocycles. The molecule has 0 unspecified atom stereocenters. The molecule has 27 nitrogen and oxygen atoms in total. The molecular weight excluding hydrogens is 1240 g/mol. The average Bonchev–Trinajstić information content (AvgIpc) is 1.42. The Morgan fingerprint density at radius 2 is 1.29 bits per heavy atom. The molecule has 1 saturated carbocycles. The zero-order valence-corrected chi connectivity index (χ0v) is 53.6. The monoisotopic (exact) mass is 1320 g/mol. The summed E-state index contributed by atoms with van der Waals surface area (Å²) in [7, 11) is 0. The van der Waals surface area contributed by atoms with Crippen LogP contribution in [0.1, 0.15) is 88.1 Å². The van der Waals surface area contributed by atoms with Gasteiger partial charge in [0.15, 0.2) is 11.5 Å². The van der Waals surface area contributed by atoms with Gasteiger partial charge in [-0.3, -0.25) is 48.1 Å². The number of rotatable bonds is 17. The number of piperidine rings is 1. The first-order valence-electron chi connectivity index (χ1n) is 31.6. The van der Waals surface area contributed by atoms with Gasteiger partial charge in [0.2, 0.25) is 53.2 Å². The number of thioether (sulfide) groups is 1. The Morgan fingerprint density at radius 3 is 1.89 bits per heavy atom. The smallest absolute Gasteiger partial charge is 0.245 e. The summed E-state index contributed by atoms with van der Waals surface area (Å²) in [5, 5.41) is 101. The molecule has 1 spiro atoms. The van der Waals surface area contributed by atoms with E-state index in [9.17, 15) is 78.9 Å². The van der Waals surface area contributed by atoms with Gasteiger partial charge < -0.3 is 88.3 Å². The molecule has 0 radical (unpaired) electrons. The van der Waals surface area contributed by atoms with Crippen LogP contribution in [0.25, 0.3) is 0 Å². The highest BCUT2D eigenvalue weighted by Gasteiger charge is 2.73. The molecule has 16 atom stereocenters. The lowest BCUT2D eigenvalue weighted by Crippen LogP contribution is -2.78. The van der Waals surface area contributed by atoms with Gasteiger partial charge in [0.05, 0.1) is 41.1 Å². The highest BCUT2D eigenvalue weighted by molar-refractivity contribution is 8.00. The van der Waals surface area contributed by atoms with Gasteiger partial charge in [0, 0.05) is 36.6 Å². The molecule has 94 heavy (non-hydrogen) atoms. The highest BCUT2D eigenvalue weighted by atomic mass is 32.2. The Kier molecular flexibility index (Phi) is 22.1. The number of benzene rings is 4. The molecule has 2 saturated heterocycles. The topological polar surface area (TPSA) is 416 Å². The summed E-state index contributed by atoms with van der Waals surface area (Å²) < 4.78 is 6.68. The maximum absolute atomic E-state index is 15.0. The molecule has 0 aromatic heterocycles. The van der Waals surface area contributed by atoms with E-state index in [0.29, 0.717) is 36.1 Å². The molecule has 28 heteroatoms. The molecule has 5 aliphatic rings. The van der Waals surface area contributed by atoms with Gasteiger partial charge in [-0.05, 0) is 125 Å². The number of hydrogen-bond donors (Lipinski definition) is 16. The summed E-state index contributed by atoms with van der Waals surface area (Å²) >= 11 is 0.753. The first-order chi connectivity index (χ1) is 44.7. The second-order valence-corrected chi connectivity index (χ2v) is 26.2. The Bertz CT molecular complexity index is 3460. The number of phenolic OH excluding ortho intramolecular Hbond substituents is 3. The number of ether oxygens (including phenoxy) is 1. The molecule has 4 aromatic carbocycles. The summed E-state index contributed by atoms with van der Waals surface area (Å²) in [5.41, 5.74) is 0.875. The van der Waals surface area contributed by atoms with E-state index in [2.05, 4.69) is 59.7 Å². The van der Waals surface area contributed by atoms with Crippen molar-refractivity contribution in [3.63, 3.8) is 0 Å². The maximum Gasteiger partial charge on any atom is 0.245 e. The second kappa shape index (κ2) is 29.8. The lowest BCUT2D eigenvalue weighted by molar-refractivity contribution is -0.191. The summed E-state index contributed by atoms with van der Waals surface area (Å²) in [6, 6.07) is 9.29. The molecule has 3 fully saturated rings. The minimum absolute atomic E-state index is 0.0879. The van der Waals surface area contributed by atoms with Gasteiger partial charge >= 0.3 is 0 Å². The third-order valence-electron chi connectivity index (χ3n) is 18.5. The molecule has 9 amide bonds. The van der Waals surface area contributed by atoms with Gasteiger partial charge in [-0.25, -0.2) is 0 Å². The van der Waals surface area contributed by atoms with E-state index in [0.717, 1.165) is 49.7 Å². The fraction of sp³-hybridized carbons (Fsp3) is 0.500. The third-order valence-corrected chi connectivity index (χ3v) is 19.5. The molecule has 3 aliphatic heterocycles. The standard InChI is InChI=1S/C66H84N10O17S/c1-6-25-76-26-24-65-51-40-16-21-48(82)55(51)93-56(65)43(22-23-66(65,92)49(76)30-40)69-59(86)45(27-37-10-8-7-9-11-37)71-62(89)52(34(3)77)74-61(88)47-31-94-32-50(83)68-44(28-38-12-17-41(80)18-13-38)58(85)67-33(2)57(84)70-46(29-39-14-19-42(81)20-15-39)60(87)73-54(36(5)79)64(91)75-53(35(4)78)63(90)72-47/h7-21,33-36,43-47,49,52-54,56,77-82,92H,6,22-32H2,1-5H3,(H,67,85)(H,68,83)(H,69,86)(H,70,84)(H,71,89)(H,72,90)(H,73,87)(H,74,88)(H,75,91)/t33-,34+,35+,36+,43+,44-,45+,46+,47-,49-,52-,53-,54-,56-,65+,66+/m0/s1. The molecular formula is C66H84N10O17S. The summed E-state index contributed by atoms with van der Waals surface area (Å²) in [4.78, 5) is 131. The predicted octanol–water partition coefficient (Wildman–Crippen LogP) is -1.63. The molecule has 506 valence electrons. The number of amides is 9. The predicted molar refractivity (Wildman–Crippen MR) is 342 cm³/mol. The number of nitrogens with zero attached hydrogens (tertiary/aromatic N) is 1. The van der Waals surface area contributed by atoms with Crippen LogP contribution in [-0.2, 0) is 74.2 Å². The van der Waals surface area contributed by atoms with Crippen LogP contribution >= 0.6 is 11.8 Å². The van der Waals surface area contributed by atoms with Gasteiger partial charge in [0.25, 0.3) is 0 Å². The van der Waals surface area contributed by atoms with E-state index < -0.39 is 154 Å². The van der Waals surface area contributed by atoms with Crippen molar-refractivity contribution in [2.75, 3.05) is 24.6 Å². The number of carbonyl (C=O) groups excluding carboxylic acids is 9. The number of nitrogens with one attached hydrogen (secondary N) is 9. The number of aromatic hydroxyl groups is 3. The van der Waals surface area contributed by atoms with Gasteiger partial charge in [-0.15, -0.1) is 11.8 Å². The van der Waals surface area contributed by atoms with Crippen LogP contribution in [0.3, 0.4) is 0 Å². The van der Waals surface area contributed by atoms with E-state index in [1.54, 1.807) is 36.4 Å². The van der Waals surface area contributed by atoms with Gasteiger partial charge in [-0.2, -0.15) is 0 Å². The third kappa shape index (κ3) is 15.3. The number of aliphatic hydroxyl groups is 4. The van der Waals surface area contributed by atoms with Crippen molar-refractivity contribution < 1.29 is 83.6 Å². The van der Waals surface area contributed by atoms with Crippen LogP contribution in [0.15, 0.2) is 91.0 Å². The first-order valence-corrected chi connectivity index (χ1v) is 32.8. The van der Waals surface area contributed by atoms with Crippen molar-refractivity contribution in [1.29, 1.82) is 0 Å². The minimum atomic E-state index is -1.94. The van der Waals surface area contributed by atoms with Crippen molar-refractivity contribution in [1.82, 2.24) is 52.8 Å². The van der Waals surface area contributed by atoms with E-state index in [1.807, 2.05) is 6.07 Å². The lowest BCUT2D eigenvalue weighted by atomic mass is 9.48. The van der Waals surface area contributed by atoms with E-state index >= 15 is 0 Å². The summed E-state index contributed by atoms with van der Waals surface area (Å²) in [6.45, 7) is 8.24. The second-order valence-electron chi connectivity index (χ2n) is 25.2. The molecule has 2 aliphatic carbocycles. The number of hydrogen-bond acceptors (Lipinski definition) is 19. The van der Waals surface area contributed by atoms with Crippen LogP contribution < -0.4 is 52.6 Å². The minimum Gasteiger partial charge on any atom is -0.508 e. The van der Waals surface area contributed by atoms with Crippen molar-refractivity contribution >= 4 is 64.9 Å². The summed E-state index contributed by atoms with van der Waals surface area (Å²) in [5.74, 6) is -9.94. The molecule has 2 bridgehead atoms. The number of aliphatic hydroxyl groups excluding tert-OH is 3. The lowest BCUT2D eigenvalue weighted by Gasteiger charge is -2.64. The summed E-state index contributed by atoms with van der Waals surface area (Å²) in [6.07, 6.45) is -4.11. The Labute approximate surface area is 547 Å². The maximum atomic E-state index is 15.0. The van der Waals surface area contributed by atoms with E-state index in [1.165, 1.54) is 62.4 Å². The zero-order valence-electron chi connectivity index (χ0n) is 52.8. The van der Waals surface area contributed by atoms with E-state index in [4.69, 9.17) is 4.74 Å². The molecule has 16 N–H and O–H groups in total. The first kappa shape index (κ1) is 69.8. The van der Waals surface area contributed by atoms with Crippen LogP contribution in [0.4, 0.5) is 0 Å². The van der Waals surface area contributed by atoms with Crippen LogP contribution in [0.5, 0.6) is 23.0 Å². The largest absolute Gasteiger partial charge is 0.508 e. The number of phenols is 3. The quantitative estimate of drug-likeness (QED) is 0.0564. The van der Waals surface area contributed by atoms with Crippen molar-refractivity contribution in [2.45, 2.75) is 182 Å². The Morgan fingerprint density at radius 1 is 0.691 bits per heavy atom. The zero-order chi connectivity index (χ0) is 67.9. The van der Waals surface area contributed by atoms with Gasteiger partial charge in [0.1, 0.15) is 65.9 Å². The average molecular weight is 1320 g/mol. The SMILES string of the molecule is CCCN1CC[C@@]23c4c5ccc(O)c4O[C@H]2[C@H](NC(=O)[C@@H](Cc2ccccc2)NC(=O)[C@@H](NC(=O)[C@@H]2CSCC(=O)N[C@@H](Cc4ccc(O)cc4)C(=O)N[C@@H](C)C(=O)N[C@H](Cc4ccc(O)cc4)C(=O)N[C@@H]([C@@H](C)O)C(=O)N[C@@H]([C@@H](C)O)C(=O)N2)[C@@H](C)O)CC[C@@]3(O)[C@@H]1C5. The fourth-order valence-electron chi connectivity index (χ4n) is 13.7. The van der Waals surface area contributed by atoms with E-state index in [-0.39, 0.29) is 61.1 Å². The van der Waals surface area contributed by atoms with Crippen LogP contribution in [0.2, 0.25) is 0 Å². The molecule has 9 rings (SSSR count). The van der Waals surface area contributed by atoms with Crippen molar-refractivity contribution in [2.24, 2.45) is 0 Å². The Hall–Kier alpha value is -8.54. The van der Waals surface area contributed by atoms with Crippen LogP contribution in [0, 0.1) is 0 Å². The number of likely N-dealkylation sites (tertiary alicyclic amines) is 1. The van der Waals surface area contributed by atoms with Gasteiger partial charge in [-0.1, -0.05) is 67.6 Å². The fourth-order valence-corrected chi connectivity index (χ4v) is 14.5. The highest BCUT2D eigenvalue weighted by Crippen LogP contribution is 2.65. The van der Waals surface area contributed by atoms with Crippen molar-refractivity contribution in [3.8, 4) is 23.0 Å². The normalized spacial score (nSPS) is 28.4. The van der Waals surface area contributed by atoms with Crippen LogP contribution in [-0.4, -0.2) is 209 Å². The Balaban J connectivity index is 0.975. The molecule has 4 aromatic rings.